The van der Waals surface area contributed by atoms with Crippen molar-refractivity contribution in [3.63, 3.8) is 0 Å². The van der Waals surface area contributed by atoms with Crippen LogP contribution in [0.25, 0.3) is 0 Å². The number of ether oxygens (including phenoxy) is 6. The number of carbonyl (C=O) groups excluding carboxylic acids is 2. The molecule has 0 radical (unpaired) electrons. The maximum atomic E-state index is 12.1. The van der Waals surface area contributed by atoms with E-state index in [2.05, 4.69) is 30.7 Å². The minimum Gasteiger partial charge on any atom is -0.508 e. The molecule has 0 saturated carbocycles. The smallest absolute Gasteiger partial charge is 0.314 e. The van der Waals surface area contributed by atoms with Crippen LogP contribution in [-0.4, -0.2) is 158 Å². The number of carbonyl (C=O) groups is 2. The van der Waals surface area contributed by atoms with E-state index in [1.807, 2.05) is 0 Å². The molecule has 20 nitrogen and oxygen atoms in total. The molecule has 2 aromatic rings. The van der Waals surface area contributed by atoms with Gasteiger partial charge in [-0.05, 0) is 61.4 Å². The van der Waals surface area contributed by atoms with Crippen LogP contribution in [0.15, 0.2) is 58.3 Å². The third kappa shape index (κ3) is 23.9. The predicted molar refractivity (Wildman–Crippen MR) is 204 cm³/mol. The van der Waals surface area contributed by atoms with Gasteiger partial charge in [-0.3, -0.25) is 0 Å². The Labute approximate surface area is 328 Å². The number of hydrogen-bond donors (Lipinski definition) is 8. The van der Waals surface area contributed by atoms with Gasteiger partial charge in [0.2, 0.25) is 20.0 Å². The number of amides is 4. The first-order valence-corrected chi connectivity index (χ1v) is 21.0. The summed E-state index contributed by atoms with van der Waals surface area (Å²) in [6.07, 6.45) is 1.35. The Morgan fingerprint density at radius 2 is 0.679 bits per heavy atom. The van der Waals surface area contributed by atoms with E-state index >= 15 is 0 Å². The molecular weight excluding hydrogens is 781 g/mol. The Balaban J connectivity index is 1.25. The van der Waals surface area contributed by atoms with Crippen molar-refractivity contribution in [1.29, 1.82) is 0 Å². The molecule has 0 aliphatic carbocycles. The van der Waals surface area contributed by atoms with Crippen molar-refractivity contribution in [2.24, 2.45) is 0 Å². The summed E-state index contributed by atoms with van der Waals surface area (Å²) >= 11 is 0. The van der Waals surface area contributed by atoms with Crippen molar-refractivity contribution in [1.82, 2.24) is 30.7 Å². The molecule has 56 heavy (non-hydrogen) atoms. The van der Waals surface area contributed by atoms with Crippen LogP contribution in [0.2, 0.25) is 0 Å². The fourth-order valence-electron chi connectivity index (χ4n) is 4.25. The lowest BCUT2D eigenvalue weighted by atomic mass is 10.3. The van der Waals surface area contributed by atoms with Crippen molar-refractivity contribution in [3.05, 3.63) is 48.5 Å². The largest absolute Gasteiger partial charge is 0.508 e. The fourth-order valence-corrected chi connectivity index (χ4v) is 6.28. The molecule has 2 aromatic carbocycles. The highest BCUT2D eigenvalue weighted by molar-refractivity contribution is 7.89. The van der Waals surface area contributed by atoms with E-state index in [9.17, 15) is 36.6 Å². The van der Waals surface area contributed by atoms with Gasteiger partial charge >= 0.3 is 12.1 Å². The van der Waals surface area contributed by atoms with E-state index in [1.54, 1.807) is 0 Å². The molecule has 0 saturated heterocycles. The Hall–Kier alpha value is -3.84. The van der Waals surface area contributed by atoms with Gasteiger partial charge in [0.25, 0.3) is 0 Å². The van der Waals surface area contributed by atoms with Crippen LogP contribution in [0.4, 0.5) is 9.59 Å². The second-order valence-electron chi connectivity index (χ2n) is 11.5. The first-order chi connectivity index (χ1) is 27.0. The maximum Gasteiger partial charge on any atom is 0.314 e. The zero-order chi connectivity index (χ0) is 40.7. The molecule has 0 heterocycles. The van der Waals surface area contributed by atoms with Crippen LogP contribution >= 0.6 is 0 Å². The van der Waals surface area contributed by atoms with Gasteiger partial charge in [-0.1, -0.05) is 0 Å². The van der Waals surface area contributed by atoms with Gasteiger partial charge in [-0.25, -0.2) is 35.9 Å². The highest BCUT2D eigenvalue weighted by Crippen LogP contribution is 2.14. The third-order valence-corrected chi connectivity index (χ3v) is 10.1. The quantitative estimate of drug-likeness (QED) is 0.0434. The lowest BCUT2D eigenvalue weighted by molar-refractivity contribution is 0.0165. The number of benzene rings is 2. The van der Waals surface area contributed by atoms with E-state index in [-0.39, 0.29) is 72.9 Å². The van der Waals surface area contributed by atoms with Gasteiger partial charge in [-0.2, -0.15) is 0 Å². The van der Waals surface area contributed by atoms with Gasteiger partial charge in [0.15, 0.2) is 0 Å². The Bertz CT molecular complexity index is 1450. The van der Waals surface area contributed by atoms with E-state index < -0.39 is 20.0 Å². The van der Waals surface area contributed by atoms with Crippen molar-refractivity contribution in [3.8, 4) is 11.5 Å². The normalized spacial score (nSPS) is 11.6. The van der Waals surface area contributed by atoms with Crippen LogP contribution in [0.5, 0.6) is 11.5 Å². The second-order valence-corrected chi connectivity index (χ2v) is 15.1. The molecular formula is C34H56N6O14S2. The summed E-state index contributed by atoms with van der Waals surface area (Å²) in [7, 11) is -7.34. The summed E-state index contributed by atoms with van der Waals surface area (Å²) in [5.74, 6) is -0.0358. The standard InChI is InChI=1S/C34H56N6O14S2/c41-29-3-7-31(8-4-29)55(45,46)39-15-19-51-23-27-53-25-21-49-17-13-37-33(43)35-11-1-2-12-36-34(44)38-14-18-50-22-26-54-28-24-52-20-16-40-56(47,48)32-9-5-30(42)6-10-32/h3-10,39-42H,1-2,11-28H2,(H2,35,37,43)(H2,36,38,44). The Morgan fingerprint density at radius 3 is 1.00 bits per heavy atom. The Morgan fingerprint density at radius 1 is 0.411 bits per heavy atom. The minimum atomic E-state index is -3.67. The SMILES string of the molecule is O=C(NCCCCNC(=O)NCCOCCOCCOCCNS(=O)(=O)c1ccc(O)cc1)NCCOCCOCCOCCNS(=O)(=O)c1ccc(O)cc1. The van der Waals surface area contributed by atoms with Gasteiger partial charge < -0.3 is 59.9 Å². The van der Waals surface area contributed by atoms with Crippen LogP contribution in [0.3, 0.4) is 0 Å². The highest BCUT2D eigenvalue weighted by atomic mass is 32.2. The van der Waals surface area contributed by atoms with Crippen molar-refractivity contribution >= 4 is 32.1 Å². The summed E-state index contributed by atoms with van der Waals surface area (Å²) in [6.45, 7) is 5.21. The number of sulfonamides is 2. The Kier molecular flexibility index (Phi) is 25.4. The number of aromatic hydroxyl groups is 2. The molecule has 0 unspecified atom stereocenters. The third-order valence-electron chi connectivity index (χ3n) is 7.10. The van der Waals surface area contributed by atoms with Crippen LogP contribution < -0.4 is 30.7 Å². The van der Waals surface area contributed by atoms with E-state index in [0.29, 0.717) is 91.9 Å². The number of rotatable bonds is 33. The average Bonchev–Trinajstić information content (AvgIpc) is 3.17. The first-order valence-electron chi connectivity index (χ1n) is 18.1. The molecule has 0 atom stereocenters. The first kappa shape index (κ1) is 48.3. The molecule has 0 aromatic heterocycles. The molecule has 0 fully saturated rings. The maximum absolute atomic E-state index is 12.1. The van der Waals surface area contributed by atoms with Gasteiger partial charge in [0.1, 0.15) is 11.5 Å². The van der Waals surface area contributed by atoms with Crippen LogP contribution in [0, 0.1) is 0 Å². The molecule has 4 amide bonds. The summed E-state index contributed by atoms with van der Waals surface area (Å²) in [4.78, 5) is 23.9. The molecule has 22 heteroatoms. The van der Waals surface area contributed by atoms with E-state index in [0.717, 1.165) is 0 Å². The number of nitrogens with one attached hydrogen (secondary N) is 6. The zero-order valence-electron chi connectivity index (χ0n) is 31.4. The summed E-state index contributed by atoms with van der Waals surface area (Å²) in [5, 5.41) is 29.4. The van der Waals surface area contributed by atoms with Gasteiger partial charge in [0, 0.05) is 39.3 Å². The number of hydrogen-bond acceptors (Lipinski definition) is 14. The number of phenolic OH excluding ortho intramolecular Hbond substituents is 2. The fraction of sp³-hybridized carbons (Fsp3) is 0.588. The van der Waals surface area contributed by atoms with Crippen molar-refractivity contribution < 1.29 is 65.1 Å². The van der Waals surface area contributed by atoms with Crippen molar-refractivity contribution in [2.75, 3.05) is 119 Å². The topological polar surface area (TPSA) is 270 Å². The molecule has 0 bridgehead atoms. The number of phenols is 2. The lowest BCUT2D eigenvalue weighted by Crippen LogP contribution is -2.39. The molecule has 0 aliphatic heterocycles. The summed E-state index contributed by atoms with van der Waals surface area (Å²) < 4.78 is 85.6. The zero-order valence-corrected chi connectivity index (χ0v) is 33.0. The molecule has 8 N–H and O–H groups in total. The van der Waals surface area contributed by atoms with Gasteiger partial charge in [0.05, 0.1) is 89.1 Å². The summed E-state index contributed by atoms with van der Waals surface area (Å²) in [6, 6.07) is 9.80. The highest BCUT2D eigenvalue weighted by Gasteiger charge is 2.14. The monoisotopic (exact) mass is 836 g/mol. The molecule has 0 aliphatic rings. The molecule has 318 valence electrons. The molecule has 0 spiro atoms. The van der Waals surface area contributed by atoms with Crippen LogP contribution in [0.1, 0.15) is 12.8 Å². The van der Waals surface area contributed by atoms with E-state index in [1.165, 1.54) is 48.5 Å². The predicted octanol–water partition coefficient (Wildman–Crippen LogP) is -0.167. The van der Waals surface area contributed by atoms with Crippen molar-refractivity contribution in [2.45, 2.75) is 22.6 Å². The minimum absolute atomic E-state index is 0.0179. The average molecular weight is 837 g/mol. The van der Waals surface area contributed by atoms with Crippen LogP contribution in [-0.2, 0) is 48.5 Å². The second kappa shape index (κ2) is 29.4. The number of urea groups is 2. The van der Waals surface area contributed by atoms with E-state index in [4.69, 9.17) is 28.4 Å². The lowest BCUT2D eigenvalue weighted by Gasteiger charge is -2.10. The summed E-state index contributed by atoms with van der Waals surface area (Å²) in [5.41, 5.74) is 0. The molecule has 2 rings (SSSR count). The number of unbranched alkanes of at least 4 members (excludes halogenated alkanes) is 1. The van der Waals surface area contributed by atoms with Gasteiger partial charge in [-0.15, -0.1) is 0 Å².